The molecule has 0 saturated carbocycles. The van der Waals surface area contributed by atoms with E-state index in [2.05, 4.69) is 15.3 Å². The molecule has 0 atom stereocenters. The van der Waals surface area contributed by atoms with Gasteiger partial charge in [-0.15, -0.1) is 0 Å². The maximum absolute atomic E-state index is 12.9. The fourth-order valence-corrected chi connectivity index (χ4v) is 3.14. The highest BCUT2D eigenvalue weighted by Gasteiger charge is 2.12. The second-order valence-electron chi connectivity index (χ2n) is 6.92. The minimum absolute atomic E-state index is 0.201. The van der Waals surface area contributed by atoms with Gasteiger partial charge in [-0.25, -0.2) is 9.97 Å². The molecule has 31 heavy (non-hydrogen) atoms. The number of rotatable bonds is 7. The molecule has 4 aromatic rings. The van der Waals surface area contributed by atoms with E-state index in [1.165, 1.54) is 0 Å². The fraction of sp³-hybridized carbons (Fsp3) is 0.0800. The van der Waals surface area contributed by atoms with Crippen molar-refractivity contribution in [2.45, 2.75) is 13.2 Å². The zero-order valence-corrected chi connectivity index (χ0v) is 16.9. The van der Waals surface area contributed by atoms with Crippen molar-refractivity contribution in [1.82, 2.24) is 9.97 Å². The third kappa shape index (κ3) is 5.32. The molecular formula is C25H22N4O2. The topological polar surface area (TPSA) is 90.1 Å². The quantitative estimate of drug-likeness (QED) is 0.470. The number of hydrogen-bond donors (Lipinski definition) is 2. The molecule has 1 aromatic heterocycles. The number of carbonyl (C=O) groups excluding carboxylic acids is 1. The molecule has 154 valence electrons. The van der Waals surface area contributed by atoms with E-state index in [-0.39, 0.29) is 12.5 Å². The van der Waals surface area contributed by atoms with Gasteiger partial charge in [0, 0.05) is 30.2 Å². The van der Waals surface area contributed by atoms with E-state index in [0.717, 1.165) is 22.4 Å². The van der Waals surface area contributed by atoms with Gasteiger partial charge in [0.25, 0.3) is 5.91 Å². The highest BCUT2D eigenvalue weighted by atomic mass is 16.5. The number of carbonyl (C=O) groups is 1. The van der Waals surface area contributed by atoms with Gasteiger partial charge in [0.1, 0.15) is 12.4 Å². The van der Waals surface area contributed by atoms with E-state index in [9.17, 15) is 4.79 Å². The lowest BCUT2D eigenvalue weighted by Gasteiger charge is -2.12. The van der Waals surface area contributed by atoms with Crippen molar-refractivity contribution in [3.63, 3.8) is 0 Å². The van der Waals surface area contributed by atoms with Crippen molar-refractivity contribution in [2.75, 3.05) is 5.32 Å². The number of aromatic nitrogens is 2. The average Bonchev–Trinajstić information content (AvgIpc) is 2.84. The van der Waals surface area contributed by atoms with E-state index in [1.54, 1.807) is 24.5 Å². The monoisotopic (exact) mass is 410 g/mol. The molecule has 0 aliphatic carbocycles. The van der Waals surface area contributed by atoms with Gasteiger partial charge in [0.15, 0.2) is 5.82 Å². The van der Waals surface area contributed by atoms with Crippen LogP contribution < -0.4 is 15.8 Å². The van der Waals surface area contributed by atoms with Crippen LogP contribution in [0.1, 0.15) is 21.7 Å². The first-order valence-electron chi connectivity index (χ1n) is 9.91. The zero-order valence-electron chi connectivity index (χ0n) is 16.9. The average molecular weight is 410 g/mol. The summed E-state index contributed by atoms with van der Waals surface area (Å²) >= 11 is 0. The van der Waals surface area contributed by atoms with Crippen molar-refractivity contribution in [1.29, 1.82) is 0 Å². The molecule has 0 aliphatic rings. The molecular weight excluding hydrogens is 388 g/mol. The maximum atomic E-state index is 12.9. The third-order valence-corrected chi connectivity index (χ3v) is 4.68. The van der Waals surface area contributed by atoms with E-state index >= 15 is 0 Å². The van der Waals surface area contributed by atoms with Gasteiger partial charge >= 0.3 is 0 Å². The summed E-state index contributed by atoms with van der Waals surface area (Å²) in [5, 5.41) is 2.92. The molecule has 0 radical (unpaired) electrons. The van der Waals surface area contributed by atoms with Gasteiger partial charge in [-0.05, 0) is 59.2 Å². The Bertz CT molecular complexity index is 1160. The Morgan fingerprint density at radius 1 is 0.871 bits per heavy atom. The van der Waals surface area contributed by atoms with Crippen LogP contribution in [0, 0.1) is 0 Å². The van der Waals surface area contributed by atoms with Crippen LogP contribution in [-0.2, 0) is 13.2 Å². The highest BCUT2D eigenvalue weighted by Crippen LogP contribution is 2.28. The minimum atomic E-state index is -0.219. The fourth-order valence-electron chi connectivity index (χ4n) is 3.14. The number of nitrogens with two attached hydrogens (primary N) is 1. The summed E-state index contributed by atoms with van der Waals surface area (Å²) in [7, 11) is 0. The Morgan fingerprint density at radius 3 is 2.45 bits per heavy atom. The van der Waals surface area contributed by atoms with E-state index in [1.807, 2.05) is 66.7 Å². The molecule has 1 heterocycles. The molecule has 0 spiro atoms. The van der Waals surface area contributed by atoms with Crippen molar-refractivity contribution in [2.24, 2.45) is 5.73 Å². The lowest BCUT2D eigenvalue weighted by Crippen LogP contribution is -2.12. The summed E-state index contributed by atoms with van der Waals surface area (Å²) in [4.78, 5) is 21.3. The van der Waals surface area contributed by atoms with E-state index in [0.29, 0.717) is 23.7 Å². The van der Waals surface area contributed by atoms with Crippen LogP contribution >= 0.6 is 0 Å². The third-order valence-electron chi connectivity index (χ3n) is 4.68. The lowest BCUT2D eigenvalue weighted by molar-refractivity contribution is 0.102. The first kappa shape index (κ1) is 20.3. The van der Waals surface area contributed by atoms with Gasteiger partial charge in [-0.2, -0.15) is 0 Å². The SMILES string of the molecule is NCc1cccc(-c2cc(OCc3ncccn3)cc(C(=O)Nc3ccccc3)c2)c1. The van der Waals surface area contributed by atoms with Crippen molar-refractivity contribution < 1.29 is 9.53 Å². The summed E-state index contributed by atoms with van der Waals surface area (Å²) in [5.41, 5.74) is 9.84. The van der Waals surface area contributed by atoms with Gasteiger partial charge in [0.05, 0.1) is 0 Å². The number of anilines is 1. The largest absolute Gasteiger partial charge is 0.486 e. The Kier molecular flexibility index (Phi) is 6.30. The molecule has 0 fully saturated rings. The van der Waals surface area contributed by atoms with Crippen molar-refractivity contribution in [3.8, 4) is 16.9 Å². The first-order valence-corrected chi connectivity index (χ1v) is 9.91. The predicted octanol–water partition coefficient (Wildman–Crippen LogP) is 4.43. The van der Waals surface area contributed by atoms with Gasteiger partial charge < -0.3 is 15.8 Å². The molecule has 4 rings (SSSR count). The van der Waals surface area contributed by atoms with Gasteiger partial charge in [-0.3, -0.25) is 4.79 Å². The maximum Gasteiger partial charge on any atom is 0.255 e. The summed E-state index contributed by atoms with van der Waals surface area (Å²) in [5.74, 6) is 0.901. The summed E-state index contributed by atoms with van der Waals surface area (Å²) in [6.07, 6.45) is 3.33. The number of nitrogens with zero attached hydrogens (tertiary/aromatic N) is 2. The molecule has 6 nitrogen and oxygen atoms in total. The normalized spacial score (nSPS) is 10.5. The number of nitrogens with one attached hydrogen (secondary N) is 1. The van der Waals surface area contributed by atoms with Crippen molar-refractivity contribution >= 4 is 11.6 Å². The molecule has 6 heteroatoms. The van der Waals surface area contributed by atoms with E-state index < -0.39 is 0 Å². The second kappa shape index (κ2) is 9.65. The zero-order chi connectivity index (χ0) is 21.5. The summed E-state index contributed by atoms with van der Waals surface area (Å²) in [6.45, 7) is 0.642. The van der Waals surface area contributed by atoms with Crippen LogP contribution in [0.4, 0.5) is 5.69 Å². The molecule has 3 aromatic carbocycles. The predicted molar refractivity (Wildman–Crippen MR) is 121 cm³/mol. The van der Waals surface area contributed by atoms with E-state index in [4.69, 9.17) is 10.5 Å². The van der Waals surface area contributed by atoms with Gasteiger partial charge in [0.2, 0.25) is 0 Å². The molecule has 0 saturated heterocycles. The number of amides is 1. The number of benzene rings is 3. The highest BCUT2D eigenvalue weighted by molar-refractivity contribution is 6.05. The first-order chi connectivity index (χ1) is 15.2. The Hall–Kier alpha value is -4.03. The Morgan fingerprint density at radius 2 is 1.68 bits per heavy atom. The van der Waals surface area contributed by atoms with Crippen LogP contribution in [0.25, 0.3) is 11.1 Å². The molecule has 3 N–H and O–H groups in total. The Balaban J connectivity index is 1.66. The van der Waals surface area contributed by atoms with Crippen molar-refractivity contribution in [3.05, 3.63) is 108 Å². The van der Waals surface area contributed by atoms with Crippen LogP contribution in [-0.4, -0.2) is 15.9 Å². The summed E-state index contributed by atoms with van der Waals surface area (Å²) in [6, 6.07) is 24.5. The van der Waals surface area contributed by atoms with Crippen LogP contribution in [0.15, 0.2) is 91.3 Å². The molecule has 0 unspecified atom stereocenters. The minimum Gasteiger partial charge on any atom is -0.486 e. The smallest absolute Gasteiger partial charge is 0.255 e. The van der Waals surface area contributed by atoms with Crippen LogP contribution in [0.5, 0.6) is 5.75 Å². The standard InChI is InChI=1S/C25H22N4O2/c26-16-18-6-4-7-19(12-18)20-13-21(25(30)29-22-8-2-1-3-9-22)15-23(14-20)31-17-24-27-10-5-11-28-24/h1-15H,16-17,26H2,(H,29,30). The number of para-hydroxylation sites is 1. The van der Waals surface area contributed by atoms with Crippen LogP contribution in [0.3, 0.4) is 0 Å². The number of ether oxygens (including phenoxy) is 1. The van der Waals surface area contributed by atoms with Crippen LogP contribution in [0.2, 0.25) is 0 Å². The number of hydrogen-bond acceptors (Lipinski definition) is 5. The molecule has 1 amide bonds. The Labute approximate surface area is 180 Å². The molecule has 0 aliphatic heterocycles. The second-order valence-corrected chi connectivity index (χ2v) is 6.92. The lowest BCUT2D eigenvalue weighted by atomic mass is 10.00. The summed E-state index contributed by atoms with van der Waals surface area (Å²) < 4.78 is 5.92. The van der Waals surface area contributed by atoms with Gasteiger partial charge in [-0.1, -0.05) is 36.4 Å². The molecule has 0 bridgehead atoms.